The fourth-order valence-electron chi connectivity index (χ4n) is 3.78. The maximum absolute atomic E-state index is 12.8. The summed E-state index contributed by atoms with van der Waals surface area (Å²) in [5, 5.41) is 2.84. The van der Waals surface area contributed by atoms with Gasteiger partial charge in [-0.25, -0.2) is 8.42 Å². The lowest BCUT2D eigenvalue weighted by Gasteiger charge is -2.23. The van der Waals surface area contributed by atoms with Crippen molar-refractivity contribution in [1.29, 1.82) is 0 Å². The van der Waals surface area contributed by atoms with Crippen LogP contribution < -0.4 is 10.2 Å². The van der Waals surface area contributed by atoms with Gasteiger partial charge in [0.05, 0.1) is 11.2 Å². The van der Waals surface area contributed by atoms with Crippen LogP contribution in [0.15, 0.2) is 45.9 Å². The smallest absolute Gasteiger partial charge is 0.243 e. The van der Waals surface area contributed by atoms with Crippen molar-refractivity contribution < 1.29 is 22.4 Å². The molecule has 0 aliphatic carbocycles. The molecule has 0 fully saturated rings. The molecule has 1 aliphatic rings. The Kier molecular flexibility index (Phi) is 6.62. The molecule has 1 aromatic carbocycles. The standard InChI is InChI=1S/C21H27N3O5S/c1-4-23(5-2)30(27,28)18-8-9-19-16(13-18)14-20(24(19)15(3)25)21(26)22-11-10-17-7-6-12-29-17/h6-9,12-13,20H,4-5,10-11,14H2,1-3H3,(H,22,26)/t20-/m0/s1. The minimum atomic E-state index is -3.62. The Balaban J connectivity index is 1.80. The molecule has 1 aliphatic heterocycles. The molecule has 0 saturated heterocycles. The van der Waals surface area contributed by atoms with Gasteiger partial charge in [0.2, 0.25) is 21.8 Å². The molecule has 1 aromatic heterocycles. The zero-order chi connectivity index (χ0) is 21.9. The number of nitrogens with zero attached hydrogens (tertiary/aromatic N) is 2. The van der Waals surface area contributed by atoms with Crippen LogP contribution >= 0.6 is 0 Å². The van der Waals surface area contributed by atoms with E-state index in [2.05, 4.69) is 5.32 Å². The summed E-state index contributed by atoms with van der Waals surface area (Å²) in [6.07, 6.45) is 2.39. The van der Waals surface area contributed by atoms with Crippen LogP contribution in [-0.2, 0) is 32.5 Å². The number of anilines is 1. The highest BCUT2D eigenvalue weighted by atomic mass is 32.2. The number of nitrogens with one attached hydrogen (secondary N) is 1. The fraction of sp³-hybridized carbons (Fsp3) is 0.429. The van der Waals surface area contributed by atoms with Gasteiger partial charge in [-0.15, -0.1) is 0 Å². The molecule has 1 N–H and O–H groups in total. The van der Waals surface area contributed by atoms with E-state index < -0.39 is 16.1 Å². The third kappa shape index (κ3) is 4.27. The molecule has 0 unspecified atom stereocenters. The Morgan fingerprint density at radius 1 is 1.23 bits per heavy atom. The summed E-state index contributed by atoms with van der Waals surface area (Å²) in [7, 11) is -3.62. The van der Waals surface area contributed by atoms with Crippen LogP contribution in [0, 0.1) is 0 Å². The summed E-state index contributed by atoms with van der Waals surface area (Å²) < 4.78 is 32.3. The second-order valence-corrected chi connectivity index (χ2v) is 9.05. The van der Waals surface area contributed by atoms with Crippen LogP contribution in [0.2, 0.25) is 0 Å². The molecule has 0 radical (unpaired) electrons. The largest absolute Gasteiger partial charge is 0.469 e. The highest BCUT2D eigenvalue weighted by molar-refractivity contribution is 7.89. The average Bonchev–Trinajstić information content (AvgIpc) is 3.35. The number of rotatable bonds is 8. The van der Waals surface area contributed by atoms with Gasteiger partial charge in [-0.05, 0) is 35.9 Å². The third-order valence-electron chi connectivity index (χ3n) is 5.27. The Bertz CT molecular complexity index is 1010. The van der Waals surface area contributed by atoms with Crippen molar-refractivity contribution in [1.82, 2.24) is 9.62 Å². The van der Waals surface area contributed by atoms with Crippen molar-refractivity contribution >= 4 is 27.5 Å². The van der Waals surface area contributed by atoms with Crippen LogP contribution in [0.4, 0.5) is 5.69 Å². The number of amides is 2. The maximum atomic E-state index is 12.8. The van der Waals surface area contributed by atoms with Gasteiger partial charge in [-0.1, -0.05) is 13.8 Å². The van der Waals surface area contributed by atoms with E-state index in [4.69, 9.17) is 4.42 Å². The van der Waals surface area contributed by atoms with Crippen molar-refractivity contribution in [2.45, 2.75) is 44.6 Å². The SMILES string of the molecule is CCN(CC)S(=O)(=O)c1ccc2c(c1)C[C@@H](C(=O)NCCc1ccco1)N2C(C)=O. The average molecular weight is 434 g/mol. The van der Waals surface area contributed by atoms with Crippen molar-refractivity contribution in [3.63, 3.8) is 0 Å². The number of sulfonamides is 1. The molecular weight excluding hydrogens is 406 g/mol. The van der Waals surface area contributed by atoms with Crippen LogP contribution in [0.25, 0.3) is 0 Å². The molecular formula is C21H27N3O5S. The van der Waals surface area contributed by atoms with Gasteiger partial charge < -0.3 is 9.73 Å². The monoisotopic (exact) mass is 433 g/mol. The van der Waals surface area contributed by atoms with Crippen molar-refractivity contribution in [2.24, 2.45) is 0 Å². The van der Waals surface area contributed by atoms with Crippen LogP contribution in [-0.4, -0.2) is 50.2 Å². The summed E-state index contributed by atoms with van der Waals surface area (Å²) in [4.78, 5) is 26.7. The molecule has 2 aromatic rings. The Morgan fingerprint density at radius 3 is 2.57 bits per heavy atom. The molecule has 1 atom stereocenters. The van der Waals surface area contributed by atoms with E-state index in [1.165, 1.54) is 22.2 Å². The first-order valence-electron chi connectivity index (χ1n) is 10.0. The van der Waals surface area contributed by atoms with Crippen LogP contribution in [0.3, 0.4) is 0 Å². The van der Waals surface area contributed by atoms with Gasteiger partial charge in [-0.2, -0.15) is 4.31 Å². The molecule has 9 heteroatoms. The first-order chi connectivity index (χ1) is 14.3. The summed E-state index contributed by atoms with van der Waals surface area (Å²) in [6, 6.07) is 7.60. The molecule has 2 heterocycles. The normalized spacial score (nSPS) is 16.0. The Labute approximate surface area is 176 Å². The summed E-state index contributed by atoms with van der Waals surface area (Å²) in [5.74, 6) is 0.222. The van der Waals surface area contributed by atoms with Gasteiger partial charge in [0.1, 0.15) is 11.8 Å². The van der Waals surface area contributed by atoms with Gasteiger partial charge in [0.15, 0.2) is 0 Å². The first-order valence-corrected chi connectivity index (χ1v) is 11.5. The van der Waals surface area contributed by atoms with E-state index >= 15 is 0 Å². The van der Waals surface area contributed by atoms with E-state index in [-0.39, 0.29) is 23.1 Å². The molecule has 0 bridgehead atoms. The number of fused-ring (bicyclic) bond motifs is 1. The summed E-state index contributed by atoms with van der Waals surface area (Å²) in [6.45, 7) is 6.10. The van der Waals surface area contributed by atoms with E-state index in [1.807, 2.05) is 6.07 Å². The molecule has 0 spiro atoms. The zero-order valence-electron chi connectivity index (χ0n) is 17.4. The minimum Gasteiger partial charge on any atom is -0.469 e. The Hall–Kier alpha value is -2.65. The first kappa shape index (κ1) is 22.0. The fourth-order valence-corrected chi connectivity index (χ4v) is 5.29. The van der Waals surface area contributed by atoms with E-state index in [9.17, 15) is 18.0 Å². The number of hydrogen-bond acceptors (Lipinski definition) is 5. The highest BCUT2D eigenvalue weighted by Crippen LogP contribution is 2.34. The second kappa shape index (κ2) is 9.01. The van der Waals surface area contributed by atoms with Crippen molar-refractivity contribution in [3.05, 3.63) is 47.9 Å². The molecule has 0 saturated carbocycles. The Morgan fingerprint density at radius 2 is 1.97 bits per heavy atom. The summed E-state index contributed by atoms with van der Waals surface area (Å²) in [5.41, 5.74) is 1.25. The molecule has 3 rings (SSSR count). The lowest BCUT2D eigenvalue weighted by Crippen LogP contribution is -2.47. The minimum absolute atomic E-state index is 0.173. The zero-order valence-corrected chi connectivity index (χ0v) is 18.2. The second-order valence-electron chi connectivity index (χ2n) is 7.11. The molecule has 30 heavy (non-hydrogen) atoms. The van der Waals surface area contributed by atoms with Gasteiger partial charge in [0.25, 0.3) is 0 Å². The maximum Gasteiger partial charge on any atom is 0.243 e. The number of furan rings is 1. The predicted octanol–water partition coefficient (Wildman–Crippen LogP) is 1.95. The van der Waals surface area contributed by atoms with Crippen molar-refractivity contribution in [3.8, 4) is 0 Å². The lowest BCUT2D eigenvalue weighted by molar-refractivity contribution is -0.125. The number of benzene rings is 1. The number of carbonyl (C=O) groups is 2. The van der Waals surface area contributed by atoms with Crippen LogP contribution in [0.5, 0.6) is 0 Å². The molecule has 8 nitrogen and oxygen atoms in total. The lowest BCUT2D eigenvalue weighted by atomic mass is 10.1. The quantitative estimate of drug-likeness (QED) is 0.686. The number of hydrogen-bond donors (Lipinski definition) is 1. The van der Waals surface area contributed by atoms with Crippen molar-refractivity contribution in [2.75, 3.05) is 24.5 Å². The number of carbonyl (C=O) groups excluding carboxylic acids is 2. The molecule has 2 amide bonds. The highest BCUT2D eigenvalue weighted by Gasteiger charge is 2.37. The van der Waals surface area contributed by atoms with E-state index in [1.54, 1.807) is 38.3 Å². The van der Waals surface area contributed by atoms with Gasteiger partial charge >= 0.3 is 0 Å². The van der Waals surface area contributed by atoms with Gasteiger partial charge in [0, 0.05) is 45.1 Å². The van der Waals surface area contributed by atoms with E-state index in [0.717, 1.165) is 5.76 Å². The van der Waals surface area contributed by atoms with Crippen LogP contribution in [0.1, 0.15) is 32.1 Å². The van der Waals surface area contributed by atoms with E-state index in [0.29, 0.717) is 37.3 Å². The summed E-state index contributed by atoms with van der Waals surface area (Å²) >= 11 is 0. The molecule has 162 valence electrons. The topological polar surface area (TPSA) is 99.9 Å². The van der Waals surface area contributed by atoms with Gasteiger partial charge in [-0.3, -0.25) is 14.5 Å². The predicted molar refractivity (Wildman–Crippen MR) is 113 cm³/mol. The third-order valence-corrected chi connectivity index (χ3v) is 7.32.